The van der Waals surface area contributed by atoms with Crippen LogP contribution < -0.4 is 10.1 Å². The van der Waals surface area contributed by atoms with Crippen molar-refractivity contribution in [1.82, 2.24) is 0 Å². The molecule has 3 rings (SSSR count). The molecule has 3 nitrogen and oxygen atoms in total. The molecule has 0 radical (unpaired) electrons. The molecular formula is C16H23NO2S. The summed E-state index contributed by atoms with van der Waals surface area (Å²) in [5.41, 5.74) is 1.29. The van der Waals surface area contributed by atoms with Gasteiger partial charge < -0.3 is 14.8 Å². The molecule has 1 N–H and O–H groups in total. The first-order valence-electron chi connectivity index (χ1n) is 7.42. The molecule has 2 heterocycles. The maximum atomic E-state index is 6.14. The Morgan fingerprint density at radius 3 is 3.00 bits per heavy atom. The molecule has 20 heavy (non-hydrogen) atoms. The molecule has 1 unspecified atom stereocenters. The van der Waals surface area contributed by atoms with Gasteiger partial charge in [-0.2, -0.15) is 11.8 Å². The maximum absolute atomic E-state index is 6.14. The van der Waals surface area contributed by atoms with Gasteiger partial charge in [-0.15, -0.1) is 0 Å². The molecule has 2 fully saturated rings. The predicted octanol–water partition coefficient (Wildman–Crippen LogP) is 3.55. The Kier molecular flexibility index (Phi) is 4.41. The lowest BCUT2D eigenvalue weighted by atomic mass is 9.85. The predicted molar refractivity (Wildman–Crippen MR) is 84.9 cm³/mol. The van der Waals surface area contributed by atoms with Crippen LogP contribution in [0.4, 0.5) is 5.69 Å². The summed E-state index contributed by atoms with van der Waals surface area (Å²) in [5, 5.41) is 3.66. The molecular weight excluding hydrogens is 270 g/mol. The monoisotopic (exact) mass is 293 g/mol. The van der Waals surface area contributed by atoms with Crippen molar-refractivity contribution in [2.24, 2.45) is 0 Å². The van der Waals surface area contributed by atoms with E-state index in [-0.39, 0.29) is 5.60 Å². The summed E-state index contributed by atoms with van der Waals surface area (Å²) in [6.07, 6.45) is 4.62. The molecule has 1 spiro atoms. The molecule has 1 aromatic carbocycles. The lowest BCUT2D eigenvalue weighted by Crippen LogP contribution is -2.46. The number of nitrogens with one attached hydrogen (secondary N) is 1. The Bertz CT molecular complexity index is 440. The standard InChI is InChI=1S/C16H23NO2S/c1-18-15-4-2-3-13(11-15)17-14-5-8-19-16(12-14)6-9-20-10-7-16/h2-4,11,14,17H,5-10,12H2,1H3. The smallest absolute Gasteiger partial charge is 0.120 e. The van der Waals surface area contributed by atoms with E-state index in [4.69, 9.17) is 9.47 Å². The molecule has 0 aliphatic carbocycles. The van der Waals surface area contributed by atoms with Crippen LogP contribution in [0.25, 0.3) is 0 Å². The number of thioether (sulfide) groups is 1. The minimum absolute atomic E-state index is 0.139. The minimum atomic E-state index is 0.139. The molecule has 1 aromatic rings. The van der Waals surface area contributed by atoms with Crippen molar-refractivity contribution in [3.8, 4) is 5.75 Å². The molecule has 0 bridgehead atoms. The number of ether oxygens (including phenoxy) is 2. The summed E-state index contributed by atoms with van der Waals surface area (Å²) < 4.78 is 11.4. The Hall–Kier alpha value is -0.870. The SMILES string of the molecule is COc1cccc(NC2CCOC3(CCSCC3)C2)c1. The second kappa shape index (κ2) is 6.27. The summed E-state index contributed by atoms with van der Waals surface area (Å²) in [6, 6.07) is 8.71. The van der Waals surface area contributed by atoms with Crippen LogP contribution in [0.2, 0.25) is 0 Å². The van der Waals surface area contributed by atoms with Crippen LogP contribution in [-0.2, 0) is 4.74 Å². The van der Waals surface area contributed by atoms with E-state index in [0.717, 1.165) is 30.9 Å². The largest absolute Gasteiger partial charge is 0.497 e. The van der Waals surface area contributed by atoms with E-state index in [2.05, 4.69) is 29.2 Å². The summed E-state index contributed by atoms with van der Waals surface area (Å²) in [5.74, 6) is 3.39. The lowest BCUT2D eigenvalue weighted by molar-refractivity contribution is -0.0865. The Morgan fingerprint density at radius 1 is 1.35 bits per heavy atom. The number of rotatable bonds is 3. The van der Waals surface area contributed by atoms with E-state index in [1.807, 2.05) is 12.1 Å². The van der Waals surface area contributed by atoms with Crippen molar-refractivity contribution in [3.63, 3.8) is 0 Å². The fourth-order valence-electron chi connectivity index (χ4n) is 3.19. The first-order chi connectivity index (χ1) is 9.80. The highest BCUT2D eigenvalue weighted by atomic mass is 32.2. The van der Waals surface area contributed by atoms with Gasteiger partial charge in [-0.3, -0.25) is 0 Å². The van der Waals surface area contributed by atoms with Crippen LogP contribution in [0.3, 0.4) is 0 Å². The van der Waals surface area contributed by atoms with Crippen LogP contribution in [0, 0.1) is 0 Å². The van der Waals surface area contributed by atoms with Crippen LogP contribution in [0.15, 0.2) is 24.3 Å². The minimum Gasteiger partial charge on any atom is -0.497 e. The van der Waals surface area contributed by atoms with Gasteiger partial charge in [-0.1, -0.05) is 6.07 Å². The molecule has 110 valence electrons. The molecule has 0 amide bonds. The number of methoxy groups -OCH3 is 1. The van der Waals surface area contributed by atoms with Gasteiger partial charge in [0.05, 0.1) is 12.7 Å². The third kappa shape index (κ3) is 3.23. The molecule has 2 saturated heterocycles. The summed E-state index contributed by atoms with van der Waals surface area (Å²) in [7, 11) is 1.71. The van der Waals surface area contributed by atoms with Gasteiger partial charge in [0.2, 0.25) is 0 Å². The zero-order valence-corrected chi connectivity index (χ0v) is 12.9. The Labute approximate surface area is 125 Å². The van der Waals surface area contributed by atoms with Crippen molar-refractivity contribution in [3.05, 3.63) is 24.3 Å². The van der Waals surface area contributed by atoms with Crippen LogP contribution in [-0.4, -0.2) is 36.9 Å². The van der Waals surface area contributed by atoms with Crippen molar-refractivity contribution in [1.29, 1.82) is 0 Å². The normalized spacial score (nSPS) is 25.4. The third-order valence-corrected chi connectivity index (χ3v) is 5.32. The van der Waals surface area contributed by atoms with Crippen molar-refractivity contribution < 1.29 is 9.47 Å². The lowest BCUT2D eigenvalue weighted by Gasteiger charge is -2.43. The van der Waals surface area contributed by atoms with Crippen molar-refractivity contribution >= 4 is 17.4 Å². The molecule has 2 aliphatic rings. The molecule has 4 heteroatoms. The molecule has 0 saturated carbocycles. The Balaban J connectivity index is 1.64. The summed E-state index contributed by atoms with van der Waals surface area (Å²) in [6.45, 7) is 0.881. The second-order valence-electron chi connectivity index (χ2n) is 5.71. The first kappa shape index (κ1) is 14.1. The summed E-state index contributed by atoms with van der Waals surface area (Å²) in [4.78, 5) is 0. The van der Waals surface area contributed by atoms with E-state index in [0.29, 0.717) is 6.04 Å². The maximum Gasteiger partial charge on any atom is 0.120 e. The zero-order chi connectivity index (χ0) is 13.8. The second-order valence-corrected chi connectivity index (χ2v) is 6.93. The van der Waals surface area contributed by atoms with Gasteiger partial charge in [0.1, 0.15) is 5.75 Å². The van der Waals surface area contributed by atoms with Gasteiger partial charge in [0.15, 0.2) is 0 Å². The van der Waals surface area contributed by atoms with E-state index in [9.17, 15) is 0 Å². The quantitative estimate of drug-likeness (QED) is 0.923. The third-order valence-electron chi connectivity index (χ3n) is 4.34. The average Bonchev–Trinajstić information content (AvgIpc) is 2.48. The van der Waals surface area contributed by atoms with Gasteiger partial charge in [0, 0.05) is 24.4 Å². The number of benzene rings is 1. The van der Waals surface area contributed by atoms with Gasteiger partial charge in [-0.05, 0) is 49.3 Å². The van der Waals surface area contributed by atoms with Gasteiger partial charge >= 0.3 is 0 Å². The first-order valence-corrected chi connectivity index (χ1v) is 8.57. The fourth-order valence-corrected chi connectivity index (χ4v) is 4.43. The number of hydrogen-bond acceptors (Lipinski definition) is 4. The Morgan fingerprint density at radius 2 is 2.20 bits per heavy atom. The van der Waals surface area contributed by atoms with Crippen LogP contribution >= 0.6 is 11.8 Å². The fraction of sp³-hybridized carbons (Fsp3) is 0.625. The highest BCUT2D eigenvalue weighted by molar-refractivity contribution is 7.99. The molecule has 0 aromatic heterocycles. The molecule has 2 aliphatic heterocycles. The number of hydrogen-bond donors (Lipinski definition) is 1. The average molecular weight is 293 g/mol. The van der Waals surface area contributed by atoms with Crippen molar-refractivity contribution in [2.45, 2.75) is 37.3 Å². The van der Waals surface area contributed by atoms with Crippen molar-refractivity contribution in [2.75, 3.05) is 30.5 Å². The van der Waals surface area contributed by atoms with E-state index in [1.165, 1.54) is 24.3 Å². The van der Waals surface area contributed by atoms with Crippen LogP contribution in [0.1, 0.15) is 25.7 Å². The van der Waals surface area contributed by atoms with Gasteiger partial charge in [-0.25, -0.2) is 0 Å². The summed E-state index contributed by atoms with van der Waals surface area (Å²) >= 11 is 2.06. The van der Waals surface area contributed by atoms with E-state index in [1.54, 1.807) is 7.11 Å². The highest BCUT2D eigenvalue weighted by Gasteiger charge is 2.38. The molecule has 1 atom stereocenters. The van der Waals surface area contributed by atoms with Gasteiger partial charge in [0.25, 0.3) is 0 Å². The van der Waals surface area contributed by atoms with E-state index < -0.39 is 0 Å². The highest BCUT2D eigenvalue weighted by Crippen LogP contribution is 2.38. The zero-order valence-electron chi connectivity index (χ0n) is 12.1. The van der Waals surface area contributed by atoms with Crippen LogP contribution in [0.5, 0.6) is 5.75 Å². The van der Waals surface area contributed by atoms with E-state index >= 15 is 0 Å². The number of anilines is 1. The topological polar surface area (TPSA) is 30.5 Å².